The highest BCUT2D eigenvalue weighted by Gasteiger charge is 2.23. The van der Waals surface area contributed by atoms with Crippen LogP contribution in [0.4, 0.5) is 0 Å². The number of carbonyl (C=O) groups excluding carboxylic acids is 1. The van der Waals surface area contributed by atoms with Gasteiger partial charge in [-0.25, -0.2) is 0 Å². The molecule has 0 saturated carbocycles. The summed E-state index contributed by atoms with van der Waals surface area (Å²) in [5.41, 5.74) is 5.93. The maximum atomic E-state index is 13.1. The van der Waals surface area contributed by atoms with Gasteiger partial charge in [0.05, 0.1) is 6.04 Å². The van der Waals surface area contributed by atoms with Crippen LogP contribution in [-0.4, -0.2) is 12.0 Å². The Morgan fingerprint density at radius 1 is 0.867 bits per heavy atom. The number of nitrogens with one attached hydrogen (secondary N) is 1. The topological polar surface area (TPSA) is 38.3 Å². The summed E-state index contributed by atoms with van der Waals surface area (Å²) in [6.07, 6.45) is 3.95. The molecule has 30 heavy (non-hydrogen) atoms. The number of aryl methyl sites for hydroxylation is 2. The maximum Gasteiger partial charge on any atom is 0.261 e. The molecule has 0 saturated heterocycles. The molecule has 4 rings (SSSR count). The predicted octanol–water partition coefficient (Wildman–Crippen LogP) is 5.55. The molecular weight excluding hydrogens is 370 g/mol. The summed E-state index contributed by atoms with van der Waals surface area (Å²) in [5, 5.41) is 3.21. The summed E-state index contributed by atoms with van der Waals surface area (Å²) < 4.78 is 6.15. The van der Waals surface area contributed by atoms with Gasteiger partial charge in [0.25, 0.3) is 5.91 Å². The highest BCUT2D eigenvalue weighted by atomic mass is 16.5. The van der Waals surface area contributed by atoms with Gasteiger partial charge < -0.3 is 10.1 Å². The van der Waals surface area contributed by atoms with Crippen LogP contribution in [0.15, 0.2) is 72.8 Å². The molecule has 1 aliphatic rings. The Balaban J connectivity index is 1.53. The fraction of sp³-hybridized carbons (Fsp3) is 0.296. The van der Waals surface area contributed by atoms with E-state index in [1.165, 1.54) is 29.5 Å². The number of hydrogen-bond acceptors (Lipinski definition) is 2. The first-order valence-corrected chi connectivity index (χ1v) is 10.8. The number of rotatable bonds is 6. The van der Waals surface area contributed by atoms with Crippen LogP contribution in [0.5, 0.6) is 5.75 Å². The molecule has 1 aliphatic carbocycles. The zero-order valence-corrected chi connectivity index (χ0v) is 17.7. The standard InChI is InChI=1S/C27H29NO2/c1-19-15-17-23(18-16-19)26(22-10-4-3-5-11-22)28-27(29)20(2)30-25-14-8-12-21-9-6-7-13-24(21)25/h3-5,8,10-12,14-18,20,26H,6-7,9,13H2,1-2H3,(H,28,29)/t20-,26-/m1/s1. The summed E-state index contributed by atoms with van der Waals surface area (Å²) in [7, 11) is 0. The fourth-order valence-electron chi connectivity index (χ4n) is 4.12. The first kappa shape index (κ1) is 20.2. The fourth-order valence-corrected chi connectivity index (χ4v) is 4.12. The van der Waals surface area contributed by atoms with Crippen molar-refractivity contribution in [3.63, 3.8) is 0 Å². The third kappa shape index (κ3) is 4.56. The second-order valence-corrected chi connectivity index (χ2v) is 8.12. The van der Waals surface area contributed by atoms with Crippen LogP contribution in [0.1, 0.15) is 53.6 Å². The first-order chi connectivity index (χ1) is 14.6. The average Bonchev–Trinajstić information content (AvgIpc) is 2.79. The van der Waals surface area contributed by atoms with Gasteiger partial charge in [0, 0.05) is 0 Å². The van der Waals surface area contributed by atoms with Crippen molar-refractivity contribution in [2.24, 2.45) is 0 Å². The Hall–Kier alpha value is -3.07. The number of amides is 1. The Bertz CT molecular complexity index is 995. The SMILES string of the molecule is Cc1ccc([C@H](NC(=O)[C@@H](C)Oc2cccc3c2CCCC3)c2ccccc2)cc1. The quantitative estimate of drug-likeness (QED) is 0.590. The Kier molecular flexibility index (Phi) is 6.18. The van der Waals surface area contributed by atoms with Crippen molar-refractivity contribution < 1.29 is 9.53 Å². The van der Waals surface area contributed by atoms with E-state index in [-0.39, 0.29) is 11.9 Å². The van der Waals surface area contributed by atoms with Crippen LogP contribution in [0, 0.1) is 6.92 Å². The molecule has 2 atom stereocenters. The van der Waals surface area contributed by atoms with Crippen LogP contribution < -0.4 is 10.1 Å². The lowest BCUT2D eigenvalue weighted by Gasteiger charge is -2.25. The molecule has 0 spiro atoms. The number of ether oxygens (including phenoxy) is 1. The molecule has 0 fully saturated rings. The van der Waals surface area contributed by atoms with E-state index < -0.39 is 6.10 Å². The van der Waals surface area contributed by atoms with Gasteiger partial charge in [0.1, 0.15) is 5.75 Å². The highest BCUT2D eigenvalue weighted by molar-refractivity contribution is 5.81. The molecule has 0 aliphatic heterocycles. The van der Waals surface area contributed by atoms with Crippen molar-refractivity contribution in [1.29, 1.82) is 0 Å². The van der Waals surface area contributed by atoms with E-state index >= 15 is 0 Å². The van der Waals surface area contributed by atoms with Crippen molar-refractivity contribution >= 4 is 5.91 Å². The molecular formula is C27H29NO2. The van der Waals surface area contributed by atoms with Gasteiger partial charge in [-0.1, -0.05) is 72.3 Å². The summed E-state index contributed by atoms with van der Waals surface area (Å²) in [4.78, 5) is 13.1. The van der Waals surface area contributed by atoms with Crippen LogP contribution in [0.25, 0.3) is 0 Å². The summed E-state index contributed by atoms with van der Waals surface area (Å²) in [6.45, 7) is 3.89. The highest BCUT2D eigenvalue weighted by Crippen LogP contribution is 2.30. The molecule has 3 nitrogen and oxygen atoms in total. The molecule has 0 bridgehead atoms. The Morgan fingerprint density at radius 3 is 2.33 bits per heavy atom. The van der Waals surface area contributed by atoms with E-state index in [0.717, 1.165) is 29.7 Å². The lowest BCUT2D eigenvalue weighted by molar-refractivity contribution is -0.127. The number of hydrogen-bond donors (Lipinski definition) is 1. The minimum Gasteiger partial charge on any atom is -0.481 e. The normalized spacial score (nSPS) is 15.0. The van der Waals surface area contributed by atoms with E-state index in [0.29, 0.717) is 0 Å². The number of benzene rings is 3. The van der Waals surface area contributed by atoms with Crippen LogP contribution in [0.2, 0.25) is 0 Å². The zero-order chi connectivity index (χ0) is 20.9. The van der Waals surface area contributed by atoms with E-state index in [9.17, 15) is 4.79 Å². The average molecular weight is 400 g/mol. The molecule has 1 amide bonds. The first-order valence-electron chi connectivity index (χ1n) is 10.8. The van der Waals surface area contributed by atoms with Gasteiger partial charge in [0.2, 0.25) is 0 Å². The largest absolute Gasteiger partial charge is 0.481 e. The van der Waals surface area contributed by atoms with E-state index in [2.05, 4.69) is 42.6 Å². The minimum atomic E-state index is -0.574. The van der Waals surface area contributed by atoms with Crippen molar-refractivity contribution in [3.8, 4) is 5.75 Å². The predicted molar refractivity (Wildman–Crippen MR) is 121 cm³/mol. The van der Waals surface area contributed by atoms with E-state index in [4.69, 9.17) is 4.74 Å². The molecule has 0 heterocycles. The molecule has 154 valence electrons. The van der Waals surface area contributed by atoms with Crippen molar-refractivity contribution in [1.82, 2.24) is 5.32 Å². The van der Waals surface area contributed by atoms with Gasteiger partial charge in [-0.05, 0) is 67.9 Å². The van der Waals surface area contributed by atoms with E-state index in [1.54, 1.807) is 0 Å². The Labute approximate surface area is 179 Å². The number of fused-ring (bicyclic) bond motifs is 1. The smallest absolute Gasteiger partial charge is 0.261 e. The Morgan fingerprint density at radius 2 is 1.57 bits per heavy atom. The monoisotopic (exact) mass is 399 g/mol. The molecule has 3 heteroatoms. The summed E-state index contributed by atoms with van der Waals surface area (Å²) in [6, 6.07) is 24.4. The van der Waals surface area contributed by atoms with Crippen molar-refractivity contribution in [3.05, 3.63) is 101 Å². The summed E-state index contributed by atoms with van der Waals surface area (Å²) in [5.74, 6) is 0.735. The molecule has 0 aromatic heterocycles. The maximum absolute atomic E-state index is 13.1. The summed E-state index contributed by atoms with van der Waals surface area (Å²) >= 11 is 0. The minimum absolute atomic E-state index is 0.113. The molecule has 3 aromatic rings. The lowest BCUT2D eigenvalue weighted by Crippen LogP contribution is -2.39. The molecule has 0 unspecified atom stereocenters. The second kappa shape index (κ2) is 9.17. The molecule has 0 radical (unpaired) electrons. The van der Waals surface area contributed by atoms with E-state index in [1.807, 2.05) is 49.4 Å². The zero-order valence-electron chi connectivity index (χ0n) is 17.7. The molecule has 1 N–H and O–H groups in total. The van der Waals surface area contributed by atoms with Crippen molar-refractivity contribution in [2.75, 3.05) is 0 Å². The van der Waals surface area contributed by atoms with Gasteiger partial charge in [-0.3, -0.25) is 4.79 Å². The van der Waals surface area contributed by atoms with Crippen LogP contribution in [0.3, 0.4) is 0 Å². The third-order valence-corrected chi connectivity index (χ3v) is 5.86. The molecule has 3 aromatic carbocycles. The number of carbonyl (C=O) groups is 1. The van der Waals surface area contributed by atoms with Gasteiger partial charge >= 0.3 is 0 Å². The van der Waals surface area contributed by atoms with Crippen molar-refractivity contribution in [2.45, 2.75) is 51.7 Å². The third-order valence-electron chi connectivity index (χ3n) is 5.86. The van der Waals surface area contributed by atoms with Gasteiger partial charge in [-0.15, -0.1) is 0 Å². The van der Waals surface area contributed by atoms with Crippen LogP contribution in [-0.2, 0) is 17.6 Å². The second-order valence-electron chi connectivity index (χ2n) is 8.12. The van der Waals surface area contributed by atoms with Gasteiger partial charge in [0.15, 0.2) is 6.10 Å². The van der Waals surface area contributed by atoms with Gasteiger partial charge in [-0.2, -0.15) is 0 Å². The van der Waals surface area contributed by atoms with Crippen LogP contribution >= 0.6 is 0 Å². The lowest BCUT2D eigenvalue weighted by atomic mass is 9.91.